The summed E-state index contributed by atoms with van der Waals surface area (Å²) in [5.74, 6) is 1.93. The average Bonchev–Trinajstić information content (AvgIpc) is 2.56. The minimum atomic E-state index is 0.150. The first-order valence-corrected chi connectivity index (χ1v) is 7.47. The lowest BCUT2D eigenvalue weighted by Gasteiger charge is -2.32. The van der Waals surface area contributed by atoms with Gasteiger partial charge in [0.1, 0.15) is 11.6 Å². The van der Waals surface area contributed by atoms with E-state index in [1.165, 1.54) is 5.56 Å². The van der Waals surface area contributed by atoms with Gasteiger partial charge in [-0.3, -0.25) is 9.78 Å². The molecule has 114 valence electrons. The second-order valence-electron chi connectivity index (χ2n) is 5.49. The molecule has 1 amide bonds. The lowest BCUT2D eigenvalue weighted by molar-refractivity contribution is -0.130. The van der Waals surface area contributed by atoms with Crippen molar-refractivity contribution in [2.45, 2.75) is 25.7 Å². The molecular weight excluding hydrogens is 278 g/mol. The number of aromatic nitrogens is 3. The molecule has 1 aliphatic heterocycles. The maximum Gasteiger partial charge on any atom is 0.219 e. The maximum atomic E-state index is 11.6. The summed E-state index contributed by atoms with van der Waals surface area (Å²) in [6.07, 6.45) is 8.86. The Bertz CT molecular complexity index is 646. The highest BCUT2D eigenvalue weighted by atomic mass is 16.2. The van der Waals surface area contributed by atoms with E-state index in [0.29, 0.717) is 11.7 Å². The number of hydrogen-bond donors (Lipinski definition) is 1. The van der Waals surface area contributed by atoms with Gasteiger partial charge in [0.2, 0.25) is 5.91 Å². The van der Waals surface area contributed by atoms with E-state index in [0.717, 1.165) is 31.7 Å². The topological polar surface area (TPSA) is 71.0 Å². The van der Waals surface area contributed by atoms with Crippen molar-refractivity contribution in [2.24, 2.45) is 0 Å². The van der Waals surface area contributed by atoms with Gasteiger partial charge in [0.15, 0.2) is 0 Å². The Morgan fingerprint density at radius 2 is 2.14 bits per heavy atom. The zero-order valence-corrected chi connectivity index (χ0v) is 12.6. The van der Waals surface area contributed by atoms with E-state index in [-0.39, 0.29) is 5.91 Å². The molecule has 0 unspecified atom stereocenters. The van der Waals surface area contributed by atoms with Gasteiger partial charge in [-0.25, -0.2) is 9.97 Å². The predicted molar refractivity (Wildman–Crippen MR) is 83.8 cm³/mol. The Morgan fingerprint density at radius 1 is 1.27 bits per heavy atom. The Balaban J connectivity index is 1.75. The number of anilines is 2. The molecule has 0 aliphatic carbocycles. The number of carbonyl (C=O) groups excluding carboxylic acids is 1. The third-order valence-electron chi connectivity index (χ3n) is 3.94. The first kappa shape index (κ1) is 14.4. The van der Waals surface area contributed by atoms with Crippen LogP contribution in [-0.4, -0.2) is 38.8 Å². The molecule has 2 aromatic heterocycles. The summed E-state index contributed by atoms with van der Waals surface area (Å²) in [4.78, 5) is 26.0. The highest BCUT2D eigenvalue weighted by molar-refractivity contribution is 5.73. The number of rotatable bonds is 3. The van der Waals surface area contributed by atoms with Crippen LogP contribution in [0, 0.1) is 0 Å². The first-order chi connectivity index (χ1) is 10.7. The molecule has 1 N–H and O–H groups in total. The monoisotopic (exact) mass is 297 g/mol. The van der Waals surface area contributed by atoms with E-state index in [1.807, 2.05) is 17.0 Å². The van der Waals surface area contributed by atoms with Gasteiger partial charge in [-0.05, 0) is 30.5 Å². The highest BCUT2D eigenvalue weighted by Gasteiger charge is 2.23. The standard InChI is InChI=1S/C16H19N5O/c1-12(22)21-8-2-3-14(11-21)13-4-5-18-15(9-13)20-16-10-17-6-7-19-16/h4-7,9-10,14H,2-3,8,11H2,1H3,(H,18,19,20)/t14-/m1/s1. The largest absolute Gasteiger partial charge is 0.342 e. The van der Waals surface area contributed by atoms with Gasteiger partial charge in [0.05, 0.1) is 6.20 Å². The number of amides is 1. The van der Waals surface area contributed by atoms with Crippen LogP contribution in [0.15, 0.2) is 36.9 Å². The van der Waals surface area contributed by atoms with Crippen LogP contribution in [0.1, 0.15) is 31.2 Å². The summed E-state index contributed by atoms with van der Waals surface area (Å²) in [6, 6.07) is 4.05. The molecular formula is C16H19N5O. The average molecular weight is 297 g/mol. The van der Waals surface area contributed by atoms with Crippen molar-refractivity contribution in [3.05, 3.63) is 42.5 Å². The number of hydrogen-bond acceptors (Lipinski definition) is 5. The number of likely N-dealkylation sites (tertiary alicyclic amines) is 1. The van der Waals surface area contributed by atoms with Crippen LogP contribution in [0.25, 0.3) is 0 Å². The van der Waals surface area contributed by atoms with Gasteiger partial charge >= 0.3 is 0 Å². The van der Waals surface area contributed by atoms with Crippen LogP contribution >= 0.6 is 0 Å². The van der Waals surface area contributed by atoms with E-state index in [9.17, 15) is 4.79 Å². The molecule has 0 radical (unpaired) electrons. The van der Waals surface area contributed by atoms with Crippen molar-refractivity contribution in [2.75, 3.05) is 18.4 Å². The number of nitrogens with zero attached hydrogens (tertiary/aromatic N) is 4. The second kappa shape index (κ2) is 6.51. The molecule has 0 saturated carbocycles. The molecule has 6 heteroatoms. The molecule has 1 aliphatic rings. The van der Waals surface area contributed by atoms with Crippen LogP contribution in [0.3, 0.4) is 0 Å². The highest BCUT2D eigenvalue weighted by Crippen LogP contribution is 2.28. The van der Waals surface area contributed by atoms with Crippen molar-refractivity contribution in [3.63, 3.8) is 0 Å². The summed E-state index contributed by atoms with van der Waals surface area (Å²) >= 11 is 0. The van der Waals surface area contributed by atoms with E-state index >= 15 is 0 Å². The summed E-state index contributed by atoms with van der Waals surface area (Å²) in [6.45, 7) is 3.28. The first-order valence-electron chi connectivity index (χ1n) is 7.47. The van der Waals surface area contributed by atoms with Crippen molar-refractivity contribution < 1.29 is 4.79 Å². The Morgan fingerprint density at radius 3 is 2.91 bits per heavy atom. The number of nitrogens with one attached hydrogen (secondary N) is 1. The van der Waals surface area contributed by atoms with E-state index in [2.05, 4.69) is 20.3 Å². The number of piperidine rings is 1. The molecule has 1 atom stereocenters. The van der Waals surface area contributed by atoms with E-state index in [4.69, 9.17) is 0 Å². The van der Waals surface area contributed by atoms with Gasteiger partial charge < -0.3 is 10.2 Å². The zero-order chi connectivity index (χ0) is 15.4. The lowest BCUT2D eigenvalue weighted by Crippen LogP contribution is -2.37. The maximum absolute atomic E-state index is 11.6. The van der Waals surface area contributed by atoms with Gasteiger partial charge in [-0.15, -0.1) is 0 Å². The zero-order valence-electron chi connectivity index (χ0n) is 12.6. The molecule has 1 saturated heterocycles. The minimum absolute atomic E-state index is 0.150. The lowest BCUT2D eigenvalue weighted by atomic mass is 9.91. The molecule has 22 heavy (non-hydrogen) atoms. The van der Waals surface area contributed by atoms with Crippen molar-refractivity contribution in [1.82, 2.24) is 19.9 Å². The molecule has 0 spiro atoms. The molecule has 3 heterocycles. The fourth-order valence-electron chi connectivity index (χ4n) is 2.80. The number of pyridine rings is 1. The van der Waals surface area contributed by atoms with Gasteiger partial charge in [-0.1, -0.05) is 0 Å². The van der Waals surface area contributed by atoms with Crippen LogP contribution in [0.5, 0.6) is 0 Å². The third kappa shape index (κ3) is 3.39. The van der Waals surface area contributed by atoms with Crippen molar-refractivity contribution >= 4 is 17.5 Å². The van der Waals surface area contributed by atoms with E-state index < -0.39 is 0 Å². The fraction of sp³-hybridized carbons (Fsp3) is 0.375. The van der Waals surface area contributed by atoms with Gasteiger partial charge in [0, 0.05) is 44.5 Å². The smallest absolute Gasteiger partial charge is 0.219 e. The van der Waals surface area contributed by atoms with Crippen molar-refractivity contribution in [1.29, 1.82) is 0 Å². The molecule has 2 aromatic rings. The molecule has 0 bridgehead atoms. The van der Waals surface area contributed by atoms with Crippen LogP contribution < -0.4 is 5.32 Å². The van der Waals surface area contributed by atoms with Crippen LogP contribution in [-0.2, 0) is 4.79 Å². The van der Waals surface area contributed by atoms with Gasteiger partial charge in [0.25, 0.3) is 0 Å². The third-order valence-corrected chi connectivity index (χ3v) is 3.94. The Hall–Kier alpha value is -2.50. The molecule has 6 nitrogen and oxygen atoms in total. The molecule has 1 fully saturated rings. The Kier molecular flexibility index (Phi) is 4.27. The SMILES string of the molecule is CC(=O)N1CCC[C@@H](c2ccnc(Nc3cnccn3)c2)C1. The summed E-state index contributed by atoms with van der Waals surface area (Å²) in [5, 5.41) is 3.15. The normalized spacial score (nSPS) is 18.0. The van der Waals surface area contributed by atoms with Crippen molar-refractivity contribution in [3.8, 4) is 0 Å². The Labute approximate surface area is 129 Å². The summed E-state index contributed by atoms with van der Waals surface area (Å²) in [7, 11) is 0. The quantitative estimate of drug-likeness (QED) is 0.941. The van der Waals surface area contributed by atoms with E-state index in [1.54, 1.807) is 31.7 Å². The minimum Gasteiger partial charge on any atom is -0.342 e. The van der Waals surface area contributed by atoms with Crippen LogP contribution in [0.2, 0.25) is 0 Å². The molecule has 3 rings (SSSR count). The fourth-order valence-corrected chi connectivity index (χ4v) is 2.80. The summed E-state index contributed by atoms with van der Waals surface area (Å²) < 4.78 is 0. The predicted octanol–water partition coefficient (Wildman–Crippen LogP) is 2.34. The molecule has 0 aromatic carbocycles. The van der Waals surface area contributed by atoms with Crippen LogP contribution in [0.4, 0.5) is 11.6 Å². The van der Waals surface area contributed by atoms with Gasteiger partial charge in [-0.2, -0.15) is 0 Å². The second-order valence-corrected chi connectivity index (χ2v) is 5.49. The number of carbonyl (C=O) groups is 1. The summed E-state index contributed by atoms with van der Waals surface area (Å²) in [5.41, 5.74) is 1.20.